The number of halogens is 1. The molecule has 1 aromatic heterocycles. The Hall–Kier alpha value is -1.37. The summed E-state index contributed by atoms with van der Waals surface area (Å²) in [5.74, 6) is 0.371. The van der Waals surface area contributed by atoms with E-state index in [1.807, 2.05) is 0 Å². The average Bonchev–Trinajstić information content (AvgIpc) is 2.92. The highest BCUT2D eigenvalue weighted by atomic mass is 79.9. The van der Waals surface area contributed by atoms with Gasteiger partial charge in [0.15, 0.2) is 6.10 Å². The number of ether oxygens (including phenoxy) is 1. The SMILES string of the molecule is COc1cccc(C(O)C(=O)N2CCc3cc(Br)sc3C2)c1. The predicted octanol–water partition coefficient (Wildman–Crippen LogP) is 3.14. The van der Waals surface area contributed by atoms with Crippen LogP contribution in [0.15, 0.2) is 34.1 Å². The number of benzene rings is 1. The highest BCUT2D eigenvalue weighted by Gasteiger charge is 2.28. The lowest BCUT2D eigenvalue weighted by Crippen LogP contribution is -2.38. The van der Waals surface area contributed by atoms with Crippen molar-refractivity contribution in [2.75, 3.05) is 13.7 Å². The standard InChI is InChI=1S/C16H16BrNO3S/c1-21-12-4-2-3-11(7-12)15(19)16(20)18-6-5-10-8-14(17)22-13(10)9-18/h2-4,7-8,15,19H,5-6,9H2,1H3. The number of hydrogen-bond donors (Lipinski definition) is 1. The summed E-state index contributed by atoms with van der Waals surface area (Å²) in [7, 11) is 1.56. The summed E-state index contributed by atoms with van der Waals surface area (Å²) in [5.41, 5.74) is 1.85. The second-order valence-corrected chi connectivity index (χ2v) is 7.70. The molecule has 116 valence electrons. The Labute approximate surface area is 141 Å². The molecule has 1 unspecified atom stereocenters. The van der Waals surface area contributed by atoms with Crippen molar-refractivity contribution in [1.82, 2.24) is 4.90 Å². The van der Waals surface area contributed by atoms with E-state index >= 15 is 0 Å². The number of aliphatic hydroxyl groups is 1. The lowest BCUT2D eigenvalue weighted by molar-refractivity contribution is -0.141. The van der Waals surface area contributed by atoms with Crippen LogP contribution in [0.3, 0.4) is 0 Å². The highest BCUT2D eigenvalue weighted by Crippen LogP contribution is 2.32. The third-order valence-corrected chi connectivity index (χ3v) is 5.47. The van der Waals surface area contributed by atoms with Gasteiger partial charge in [-0.25, -0.2) is 0 Å². The number of aliphatic hydroxyl groups excluding tert-OH is 1. The van der Waals surface area contributed by atoms with Gasteiger partial charge >= 0.3 is 0 Å². The second-order valence-electron chi connectivity index (χ2n) is 5.19. The van der Waals surface area contributed by atoms with Gasteiger partial charge in [0.25, 0.3) is 5.91 Å². The minimum absolute atomic E-state index is 0.261. The van der Waals surface area contributed by atoms with Gasteiger partial charge in [-0.15, -0.1) is 11.3 Å². The van der Waals surface area contributed by atoms with Crippen LogP contribution >= 0.6 is 27.3 Å². The zero-order chi connectivity index (χ0) is 15.7. The Morgan fingerprint density at radius 3 is 3.05 bits per heavy atom. The topological polar surface area (TPSA) is 49.8 Å². The highest BCUT2D eigenvalue weighted by molar-refractivity contribution is 9.11. The third-order valence-electron chi connectivity index (χ3n) is 3.81. The summed E-state index contributed by atoms with van der Waals surface area (Å²) >= 11 is 5.13. The lowest BCUT2D eigenvalue weighted by Gasteiger charge is -2.28. The van der Waals surface area contributed by atoms with Gasteiger partial charge < -0.3 is 14.7 Å². The molecule has 1 aliphatic heterocycles. The van der Waals surface area contributed by atoms with Crippen molar-refractivity contribution in [3.05, 3.63) is 50.1 Å². The maximum Gasteiger partial charge on any atom is 0.256 e. The first-order valence-corrected chi connectivity index (χ1v) is 8.57. The zero-order valence-electron chi connectivity index (χ0n) is 12.1. The molecule has 0 saturated heterocycles. The molecule has 1 aliphatic rings. The summed E-state index contributed by atoms with van der Waals surface area (Å²) in [5, 5.41) is 10.4. The predicted molar refractivity (Wildman–Crippen MR) is 89.1 cm³/mol. The maximum atomic E-state index is 12.5. The Balaban J connectivity index is 1.76. The van der Waals surface area contributed by atoms with Crippen LogP contribution in [0.5, 0.6) is 5.75 Å². The molecule has 1 amide bonds. The number of carbonyl (C=O) groups is 1. The molecule has 1 aromatic carbocycles. The van der Waals surface area contributed by atoms with Gasteiger partial charge in [0.05, 0.1) is 17.4 Å². The Morgan fingerprint density at radius 2 is 2.27 bits per heavy atom. The number of thiophene rings is 1. The smallest absolute Gasteiger partial charge is 0.256 e. The van der Waals surface area contributed by atoms with E-state index < -0.39 is 6.10 Å². The number of rotatable bonds is 3. The van der Waals surface area contributed by atoms with Gasteiger partial charge in [0, 0.05) is 11.4 Å². The van der Waals surface area contributed by atoms with Crippen molar-refractivity contribution in [3.8, 4) is 5.75 Å². The average molecular weight is 382 g/mol. The van der Waals surface area contributed by atoms with E-state index in [9.17, 15) is 9.90 Å². The number of nitrogens with zero attached hydrogens (tertiary/aromatic N) is 1. The lowest BCUT2D eigenvalue weighted by atomic mass is 10.0. The first kappa shape index (κ1) is 15.5. The molecular formula is C16H16BrNO3S. The first-order chi connectivity index (χ1) is 10.6. The number of hydrogen-bond acceptors (Lipinski definition) is 4. The van der Waals surface area contributed by atoms with E-state index in [0.717, 1.165) is 10.2 Å². The molecule has 1 atom stereocenters. The number of carbonyl (C=O) groups excluding carboxylic acids is 1. The molecule has 1 N–H and O–H groups in total. The Bertz CT molecular complexity index is 700. The second kappa shape index (κ2) is 6.40. The van der Waals surface area contributed by atoms with E-state index in [1.165, 1.54) is 10.4 Å². The summed E-state index contributed by atoms with van der Waals surface area (Å²) < 4.78 is 6.22. The van der Waals surface area contributed by atoms with Crippen molar-refractivity contribution in [1.29, 1.82) is 0 Å². The molecule has 0 fully saturated rings. The Morgan fingerprint density at radius 1 is 1.45 bits per heavy atom. The number of fused-ring (bicyclic) bond motifs is 1. The van der Waals surface area contributed by atoms with E-state index in [2.05, 4.69) is 22.0 Å². The van der Waals surface area contributed by atoms with E-state index in [4.69, 9.17) is 4.74 Å². The molecule has 0 bridgehead atoms. The monoisotopic (exact) mass is 381 g/mol. The fraction of sp³-hybridized carbons (Fsp3) is 0.312. The fourth-order valence-electron chi connectivity index (χ4n) is 2.60. The minimum atomic E-state index is -1.15. The van der Waals surface area contributed by atoms with Crippen molar-refractivity contribution < 1.29 is 14.6 Å². The van der Waals surface area contributed by atoms with Crippen LogP contribution in [0, 0.1) is 0 Å². The molecule has 2 heterocycles. The molecule has 6 heteroatoms. The summed E-state index contributed by atoms with van der Waals surface area (Å²) in [4.78, 5) is 15.4. The maximum absolute atomic E-state index is 12.5. The van der Waals surface area contributed by atoms with Crippen LogP contribution in [0.2, 0.25) is 0 Å². The van der Waals surface area contributed by atoms with Gasteiger partial charge in [-0.05, 0) is 51.7 Å². The van der Waals surface area contributed by atoms with Crippen LogP contribution in [-0.2, 0) is 17.8 Å². The van der Waals surface area contributed by atoms with Crippen molar-refractivity contribution >= 4 is 33.2 Å². The molecule has 0 saturated carbocycles. The van der Waals surface area contributed by atoms with Gasteiger partial charge in [-0.1, -0.05) is 12.1 Å². The van der Waals surface area contributed by atoms with E-state index in [0.29, 0.717) is 24.4 Å². The van der Waals surface area contributed by atoms with Gasteiger partial charge in [-0.2, -0.15) is 0 Å². The van der Waals surface area contributed by atoms with Crippen molar-refractivity contribution in [2.45, 2.75) is 19.1 Å². The van der Waals surface area contributed by atoms with Crippen molar-refractivity contribution in [3.63, 3.8) is 0 Å². The molecule has 22 heavy (non-hydrogen) atoms. The quantitative estimate of drug-likeness (QED) is 0.888. The zero-order valence-corrected chi connectivity index (χ0v) is 14.5. The van der Waals surface area contributed by atoms with Crippen molar-refractivity contribution in [2.24, 2.45) is 0 Å². The van der Waals surface area contributed by atoms with Crippen LogP contribution < -0.4 is 4.74 Å². The third kappa shape index (κ3) is 3.04. The van der Waals surface area contributed by atoms with Gasteiger partial charge in [0.1, 0.15) is 5.75 Å². The molecule has 3 rings (SSSR count). The van der Waals surface area contributed by atoms with Crippen LogP contribution in [-0.4, -0.2) is 29.6 Å². The molecule has 0 aliphatic carbocycles. The number of methoxy groups -OCH3 is 1. The van der Waals surface area contributed by atoms with Crippen LogP contribution in [0.25, 0.3) is 0 Å². The molecule has 2 aromatic rings. The summed E-state index contributed by atoms with van der Waals surface area (Å²) in [6.07, 6.45) is -0.325. The Kier molecular flexibility index (Phi) is 4.52. The van der Waals surface area contributed by atoms with Gasteiger partial charge in [-0.3, -0.25) is 4.79 Å². The largest absolute Gasteiger partial charge is 0.497 e. The molecule has 0 spiro atoms. The normalized spacial score (nSPS) is 15.3. The minimum Gasteiger partial charge on any atom is -0.497 e. The first-order valence-electron chi connectivity index (χ1n) is 6.96. The molecule has 0 radical (unpaired) electrons. The number of amides is 1. The molecular weight excluding hydrogens is 366 g/mol. The van der Waals surface area contributed by atoms with Crippen LogP contribution in [0.4, 0.5) is 0 Å². The van der Waals surface area contributed by atoms with Crippen LogP contribution in [0.1, 0.15) is 22.1 Å². The fourth-order valence-corrected chi connectivity index (χ4v) is 4.41. The summed E-state index contributed by atoms with van der Waals surface area (Å²) in [6, 6.07) is 9.11. The van der Waals surface area contributed by atoms with E-state index in [1.54, 1.807) is 47.6 Å². The molecule has 4 nitrogen and oxygen atoms in total. The van der Waals surface area contributed by atoms with Gasteiger partial charge in [0.2, 0.25) is 0 Å². The van der Waals surface area contributed by atoms with E-state index in [-0.39, 0.29) is 5.91 Å². The summed E-state index contributed by atoms with van der Waals surface area (Å²) in [6.45, 7) is 1.20.